The maximum atomic E-state index is 12.0. The highest BCUT2D eigenvalue weighted by Crippen LogP contribution is 2.16. The third kappa shape index (κ3) is 7.26. The third-order valence-electron chi connectivity index (χ3n) is 3.28. The monoisotopic (exact) mass is 351 g/mol. The number of alkyl halides is 3. The van der Waals surface area contributed by atoms with E-state index in [-0.39, 0.29) is 6.61 Å². The first kappa shape index (κ1) is 18.8. The van der Waals surface area contributed by atoms with Gasteiger partial charge in [-0.1, -0.05) is 36.4 Å². The molecule has 0 saturated carbocycles. The molecule has 0 aliphatic rings. The summed E-state index contributed by atoms with van der Waals surface area (Å²) >= 11 is 0. The summed E-state index contributed by atoms with van der Waals surface area (Å²) in [5.74, 6) is 0.295. The molecule has 25 heavy (non-hydrogen) atoms. The Morgan fingerprint density at radius 3 is 2.44 bits per heavy atom. The zero-order valence-corrected chi connectivity index (χ0v) is 13.8. The highest BCUT2D eigenvalue weighted by atomic mass is 19.4. The second-order valence-electron chi connectivity index (χ2n) is 5.62. The van der Waals surface area contributed by atoms with Crippen molar-refractivity contribution in [3.05, 3.63) is 65.2 Å². The van der Waals surface area contributed by atoms with Crippen LogP contribution in [0.4, 0.5) is 18.9 Å². The number of nitrogens with zero attached hydrogens (tertiary/aromatic N) is 1. The number of hydrogen-bond acceptors (Lipinski definition) is 2. The number of halogens is 3. The van der Waals surface area contributed by atoms with E-state index in [4.69, 9.17) is 5.73 Å². The summed E-state index contributed by atoms with van der Waals surface area (Å²) in [6, 6.07) is 14.8. The Morgan fingerprint density at radius 2 is 1.80 bits per heavy atom. The van der Waals surface area contributed by atoms with E-state index in [0.29, 0.717) is 18.1 Å². The number of rotatable bonds is 6. The van der Waals surface area contributed by atoms with E-state index in [2.05, 4.69) is 15.0 Å². The van der Waals surface area contributed by atoms with Crippen molar-refractivity contribution < 1.29 is 17.9 Å². The maximum absolute atomic E-state index is 12.0. The molecule has 4 nitrogen and oxygen atoms in total. The Bertz CT molecular complexity index is 712. The molecule has 0 spiro atoms. The van der Waals surface area contributed by atoms with Crippen LogP contribution in [0.25, 0.3) is 0 Å². The molecule has 134 valence electrons. The second-order valence-corrected chi connectivity index (χ2v) is 5.62. The average Bonchev–Trinajstić information content (AvgIpc) is 2.53. The average molecular weight is 351 g/mol. The number of benzene rings is 2. The van der Waals surface area contributed by atoms with Gasteiger partial charge in [0.1, 0.15) is 6.61 Å². The smallest absolute Gasteiger partial charge is 0.370 e. The molecule has 0 bridgehead atoms. The molecule has 0 fully saturated rings. The zero-order chi connectivity index (χ0) is 18.3. The van der Waals surface area contributed by atoms with E-state index in [1.54, 1.807) is 24.3 Å². The molecule has 0 amide bonds. The summed E-state index contributed by atoms with van der Waals surface area (Å²) in [6.07, 6.45) is -4.31. The first-order valence-electron chi connectivity index (χ1n) is 7.68. The van der Waals surface area contributed by atoms with Crippen molar-refractivity contribution in [3.63, 3.8) is 0 Å². The first-order valence-corrected chi connectivity index (χ1v) is 7.68. The molecule has 0 radical (unpaired) electrons. The van der Waals surface area contributed by atoms with Gasteiger partial charge in [-0.05, 0) is 35.7 Å². The largest absolute Gasteiger partial charge is 0.411 e. The lowest BCUT2D eigenvalue weighted by Crippen LogP contribution is -2.22. The van der Waals surface area contributed by atoms with E-state index in [9.17, 15) is 13.2 Å². The molecule has 0 unspecified atom stereocenters. The summed E-state index contributed by atoms with van der Waals surface area (Å²) in [6.45, 7) is 1.02. The minimum Gasteiger partial charge on any atom is -0.370 e. The number of aryl methyl sites for hydroxylation is 1. The Morgan fingerprint density at radius 1 is 1.12 bits per heavy atom. The fourth-order valence-corrected chi connectivity index (χ4v) is 2.11. The summed E-state index contributed by atoms with van der Waals surface area (Å²) < 4.78 is 40.7. The standard InChI is InChI=1S/C18H20F3N3O/c1-13-3-2-4-16(9-13)24-17(22)23-10-14-5-7-15(8-6-14)11-25-12-18(19,20)21/h2-9H,10-12H2,1H3,(H3,22,23,24). The maximum Gasteiger partial charge on any atom is 0.411 e. The summed E-state index contributed by atoms with van der Waals surface area (Å²) in [5.41, 5.74) is 9.39. The minimum atomic E-state index is -4.31. The van der Waals surface area contributed by atoms with Crippen LogP contribution in [-0.4, -0.2) is 18.7 Å². The quantitative estimate of drug-likeness (QED) is 0.611. The van der Waals surface area contributed by atoms with Gasteiger partial charge in [-0.2, -0.15) is 13.2 Å². The van der Waals surface area contributed by atoms with Crippen molar-refractivity contribution in [2.75, 3.05) is 11.9 Å². The van der Waals surface area contributed by atoms with Crippen molar-refractivity contribution in [2.45, 2.75) is 26.3 Å². The zero-order valence-electron chi connectivity index (χ0n) is 13.8. The predicted molar refractivity (Wildman–Crippen MR) is 92.3 cm³/mol. The lowest BCUT2D eigenvalue weighted by Gasteiger charge is -2.08. The predicted octanol–water partition coefficient (Wildman–Crippen LogP) is 4.00. The van der Waals surface area contributed by atoms with Crippen molar-refractivity contribution >= 4 is 11.6 Å². The SMILES string of the molecule is Cc1cccc(NC(N)=NCc2ccc(COCC(F)(F)F)cc2)c1. The van der Waals surface area contributed by atoms with Gasteiger partial charge in [0.2, 0.25) is 0 Å². The molecule has 0 aliphatic heterocycles. The van der Waals surface area contributed by atoms with Gasteiger partial charge in [-0.15, -0.1) is 0 Å². The highest BCUT2D eigenvalue weighted by molar-refractivity contribution is 5.92. The molecule has 0 aromatic heterocycles. The summed E-state index contributed by atoms with van der Waals surface area (Å²) in [5, 5.41) is 3.01. The van der Waals surface area contributed by atoms with E-state index >= 15 is 0 Å². The Balaban J connectivity index is 1.84. The fraction of sp³-hybridized carbons (Fsp3) is 0.278. The van der Waals surface area contributed by atoms with Crippen LogP contribution in [0.5, 0.6) is 0 Å². The molecule has 3 N–H and O–H groups in total. The van der Waals surface area contributed by atoms with Crippen LogP contribution in [0.2, 0.25) is 0 Å². The highest BCUT2D eigenvalue weighted by Gasteiger charge is 2.27. The van der Waals surface area contributed by atoms with Gasteiger partial charge in [0.15, 0.2) is 5.96 Å². The van der Waals surface area contributed by atoms with Crippen LogP contribution in [0.15, 0.2) is 53.5 Å². The van der Waals surface area contributed by atoms with Crippen LogP contribution in [0, 0.1) is 6.92 Å². The van der Waals surface area contributed by atoms with Crippen molar-refractivity contribution in [3.8, 4) is 0 Å². The van der Waals surface area contributed by atoms with E-state index in [0.717, 1.165) is 16.8 Å². The molecule has 0 aliphatic carbocycles. The van der Waals surface area contributed by atoms with Crippen LogP contribution in [0.3, 0.4) is 0 Å². The van der Waals surface area contributed by atoms with E-state index < -0.39 is 12.8 Å². The second kappa shape index (κ2) is 8.53. The number of nitrogens with two attached hydrogens (primary N) is 1. The van der Waals surface area contributed by atoms with Gasteiger partial charge in [0, 0.05) is 5.69 Å². The molecule has 0 saturated heterocycles. The van der Waals surface area contributed by atoms with Gasteiger partial charge in [-0.3, -0.25) is 0 Å². The number of aliphatic imine (C=N–C) groups is 1. The van der Waals surface area contributed by atoms with Crippen molar-refractivity contribution in [2.24, 2.45) is 10.7 Å². The Kier molecular flexibility index (Phi) is 6.41. The molecular formula is C18H20F3N3O. The molecule has 0 heterocycles. The van der Waals surface area contributed by atoms with Crippen LogP contribution < -0.4 is 11.1 Å². The lowest BCUT2D eigenvalue weighted by atomic mass is 10.1. The molecular weight excluding hydrogens is 331 g/mol. The normalized spacial score (nSPS) is 12.2. The minimum absolute atomic E-state index is 0.0832. The van der Waals surface area contributed by atoms with Gasteiger partial charge in [0.25, 0.3) is 0 Å². The molecule has 7 heteroatoms. The van der Waals surface area contributed by atoms with Crippen LogP contribution >= 0.6 is 0 Å². The fourth-order valence-electron chi connectivity index (χ4n) is 2.11. The number of hydrogen-bond donors (Lipinski definition) is 2. The number of ether oxygens (including phenoxy) is 1. The van der Waals surface area contributed by atoms with Gasteiger partial charge >= 0.3 is 6.18 Å². The number of anilines is 1. The Hall–Kier alpha value is -2.54. The molecule has 2 rings (SSSR count). The van der Waals surface area contributed by atoms with E-state index in [1.807, 2.05) is 31.2 Å². The lowest BCUT2D eigenvalue weighted by molar-refractivity contribution is -0.176. The van der Waals surface area contributed by atoms with Crippen LogP contribution in [-0.2, 0) is 17.9 Å². The first-order chi connectivity index (χ1) is 11.8. The van der Waals surface area contributed by atoms with Crippen molar-refractivity contribution in [1.29, 1.82) is 0 Å². The van der Waals surface area contributed by atoms with E-state index in [1.165, 1.54) is 0 Å². The molecule has 2 aromatic carbocycles. The number of guanidine groups is 1. The molecule has 0 atom stereocenters. The van der Waals surface area contributed by atoms with Crippen molar-refractivity contribution in [1.82, 2.24) is 0 Å². The van der Waals surface area contributed by atoms with Gasteiger partial charge in [0.05, 0.1) is 13.2 Å². The summed E-state index contributed by atoms with van der Waals surface area (Å²) in [7, 11) is 0. The summed E-state index contributed by atoms with van der Waals surface area (Å²) in [4.78, 5) is 4.25. The van der Waals surface area contributed by atoms with Crippen LogP contribution in [0.1, 0.15) is 16.7 Å². The number of nitrogens with one attached hydrogen (secondary N) is 1. The van der Waals surface area contributed by atoms with Gasteiger partial charge in [-0.25, -0.2) is 4.99 Å². The third-order valence-corrected chi connectivity index (χ3v) is 3.28. The topological polar surface area (TPSA) is 59.6 Å². The Labute approximate surface area is 144 Å². The molecule has 2 aromatic rings. The van der Waals surface area contributed by atoms with Gasteiger partial charge < -0.3 is 15.8 Å².